The third-order valence-corrected chi connectivity index (χ3v) is 5.48. The summed E-state index contributed by atoms with van der Waals surface area (Å²) in [6.07, 6.45) is 0.427. The van der Waals surface area contributed by atoms with Gasteiger partial charge in [0, 0.05) is 28.9 Å². The quantitative estimate of drug-likeness (QED) is 0.361. The Morgan fingerprint density at radius 3 is 2.48 bits per heavy atom. The van der Waals surface area contributed by atoms with Gasteiger partial charge in [-0.1, -0.05) is 53.6 Å². The number of hydrogen-bond acceptors (Lipinski definition) is 5. The van der Waals surface area contributed by atoms with Crippen molar-refractivity contribution in [2.45, 2.75) is 13.3 Å². The summed E-state index contributed by atoms with van der Waals surface area (Å²) in [5, 5.41) is 24.9. The lowest BCUT2D eigenvalue weighted by atomic mass is 10.1. The summed E-state index contributed by atoms with van der Waals surface area (Å²) in [6, 6.07) is 11.9. The van der Waals surface area contributed by atoms with Crippen LogP contribution < -0.4 is 0 Å². The number of aromatic nitrogens is 2. The first-order valence-electron chi connectivity index (χ1n) is 9.24. The largest absolute Gasteiger partial charge is 0.504 e. The van der Waals surface area contributed by atoms with Crippen molar-refractivity contribution in [1.82, 2.24) is 9.78 Å². The van der Waals surface area contributed by atoms with Crippen LogP contribution in [0, 0.1) is 0 Å². The van der Waals surface area contributed by atoms with E-state index in [1.54, 1.807) is 42.9 Å². The maximum absolute atomic E-state index is 11.1. The molecular weight excluding hydrogens is 457 g/mol. The zero-order valence-corrected chi connectivity index (χ0v) is 19.1. The van der Waals surface area contributed by atoms with Crippen LogP contribution >= 0.6 is 35.4 Å². The SMILES string of the molecule is CC(=NCC(=S)Cc1ccc(C(=O)O)c(Cl)c1)c1nn(C)c(-c2ccc(Cl)cc2)c1O. The molecule has 0 saturated carbocycles. The zero-order chi connectivity index (χ0) is 22.7. The van der Waals surface area contributed by atoms with Crippen LogP contribution in [0.2, 0.25) is 10.0 Å². The van der Waals surface area contributed by atoms with Crippen molar-refractivity contribution in [3.63, 3.8) is 0 Å². The number of rotatable bonds is 7. The van der Waals surface area contributed by atoms with Crippen LogP contribution in [0.4, 0.5) is 0 Å². The lowest BCUT2D eigenvalue weighted by molar-refractivity contribution is 0.0697. The number of aliphatic imine (C=N–C) groups is 1. The van der Waals surface area contributed by atoms with Crippen LogP contribution in [0.15, 0.2) is 47.5 Å². The Morgan fingerprint density at radius 1 is 1.19 bits per heavy atom. The molecule has 3 rings (SSSR count). The van der Waals surface area contributed by atoms with Gasteiger partial charge < -0.3 is 10.2 Å². The Bertz CT molecular complexity index is 1190. The predicted molar refractivity (Wildman–Crippen MR) is 127 cm³/mol. The van der Waals surface area contributed by atoms with Gasteiger partial charge >= 0.3 is 5.97 Å². The summed E-state index contributed by atoms with van der Waals surface area (Å²) < 4.78 is 1.59. The highest BCUT2D eigenvalue weighted by Gasteiger charge is 2.19. The Hall–Kier alpha value is -2.74. The molecule has 160 valence electrons. The van der Waals surface area contributed by atoms with Crippen LogP contribution in [-0.4, -0.2) is 43.1 Å². The van der Waals surface area contributed by atoms with Gasteiger partial charge in [-0.05, 0) is 36.8 Å². The number of halogens is 2. The summed E-state index contributed by atoms with van der Waals surface area (Å²) in [4.78, 5) is 16.2. The fourth-order valence-electron chi connectivity index (χ4n) is 3.10. The van der Waals surface area contributed by atoms with Crippen LogP contribution in [0.5, 0.6) is 5.75 Å². The summed E-state index contributed by atoms with van der Waals surface area (Å²) in [5.41, 5.74) is 3.13. The van der Waals surface area contributed by atoms with Gasteiger partial charge in [-0.25, -0.2) is 4.79 Å². The fourth-order valence-corrected chi connectivity index (χ4v) is 3.74. The number of aromatic hydroxyl groups is 1. The molecule has 0 aliphatic carbocycles. The number of benzene rings is 2. The summed E-state index contributed by atoms with van der Waals surface area (Å²) in [6.45, 7) is 2.01. The molecule has 1 aromatic heterocycles. The van der Waals surface area contributed by atoms with E-state index in [1.807, 2.05) is 12.1 Å². The van der Waals surface area contributed by atoms with E-state index in [0.29, 0.717) is 33.4 Å². The van der Waals surface area contributed by atoms with E-state index in [4.69, 9.17) is 40.5 Å². The Kier molecular flexibility index (Phi) is 7.10. The molecule has 0 unspecified atom stereocenters. The topological polar surface area (TPSA) is 87.7 Å². The van der Waals surface area contributed by atoms with Crippen molar-refractivity contribution in [3.8, 4) is 17.0 Å². The van der Waals surface area contributed by atoms with Gasteiger partial charge in [-0.15, -0.1) is 0 Å². The molecule has 9 heteroatoms. The van der Waals surface area contributed by atoms with Gasteiger partial charge in [0.25, 0.3) is 0 Å². The number of carboxylic acid groups (broad SMARTS) is 1. The standard InChI is InChI=1S/C22H19Cl2N3O3S/c1-12(19-21(28)20(27(2)26-19)14-4-6-15(23)7-5-14)25-11-16(31)9-13-3-8-17(22(29)30)18(24)10-13/h3-8,10,28H,9,11H2,1-2H3,(H,29,30). The van der Waals surface area contributed by atoms with Gasteiger partial charge in [-0.3, -0.25) is 9.67 Å². The second-order valence-electron chi connectivity index (χ2n) is 6.91. The molecular formula is C22H19Cl2N3O3S. The minimum atomic E-state index is -1.08. The highest BCUT2D eigenvalue weighted by Crippen LogP contribution is 2.32. The maximum Gasteiger partial charge on any atom is 0.337 e. The van der Waals surface area contributed by atoms with Crippen molar-refractivity contribution < 1.29 is 15.0 Å². The van der Waals surface area contributed by atoms with Crippen LogP contribution in [0.1, 0.15) is 28.5 Å². The second kappa shape index (κ2) is 9.60. The molecule has 0 saturated heterocycles. The van der Waals surface area contributed by atoms with Crippen molar-refractivity contribution in [3.05, 3.63) is 69.3 Å². The van der Waals surface area contributed by atoms with Crippen molar-refractivity contribution in [2.24, 2.45) is 12.0 Å². The molecule has 31 heavy (non-hydrogen) atoms. The molecule has 1 heterocycles. The lowest BCUT2D eigenvalue weighted by Crippen LogP contribution is -2.08. The Balaban J connectivity index is 1.74. The number of hydrogen-bond donors (Lipinski definition) is 2. The van der Waals surface area contributed by atoms with E-state index in [-0.39, 0.29) is 22.9 Å². The molecule has 2 aromatic carbocycles. The third kappa shape index (κ3) is 5.31. The van der Waals surface area contributed by atoms with Gasteiger partial charge in [0.2, 0.25) is 0 Å². The van der Waals surface area contributed by atoms with Gasteiger partial charge in [0.1, 0.15) is 11.4 Å². The number of aryl methyl sites for hydroxylation is 1. The Morgan fingerprint density at radius 2 is 1.87 bits per heavy atom. The van der Waals surface area contributed by atoms with Crippen LogP contribution in [-0.2, 0) is 13.5 Å². The summed E-state index contributed by atoms with van der Waals surface area (Å²) in [7, 11) is 1.75. The van der Waals surface area contributed by atoms with Crippen LogP contribution in [0.3, 0.4) is 0 Å². The lowest BCUT2D eigenvalue weighted by Gasteiger charge is -2.05. The van der Waals surface area contributed by atoms with E-state index in [0.717, 1.165) is 11.1 Å². The molecule has 0 atom stereocenters. The van der Waals surface area contributed by atoms with Gasteiger partial charge in [0.05, 0.1) is 22.8 Å². The maximum atomic E-state index is 11.1. The number of aromatic carboxylic acids is 1. The summed E-state index contributed by atoms with van der Waals surface area (Å²) >= 11 is 17.4. The van der Waals surface area contributed by atoms with Crippen molar-refractivity contribution >= 4 is 52.0 Å². The number of carbonyl (C=O) groups is 1. The normalized spacial score (nSPS) is 11.5. The zero-order valence-electron chi connectivity index (χ0n) is 16.8. The van der Waals surface area contributed by atoms with E-state index in [9.17, 15) is 9.90 Å². The molecule has 0 radical (unpaired) electrons. The number of nitrogens with zero attached hydrogens (tertiary/aromatic N) is 3. The average Bonchev–Trinajstić information content (AvgIpc) is 3.01. The molecule has 6 nitrogen and oxygen atoms in total. The van der Waals surface area contributed by atoms with Gasteiger partial charge in [-0.2, -0.15) is 5.10 Å². The van der Waals surface area contributed by atoms with Gasteiger partial charge in [0.15, 0.2) is 5.75 Å². The molecule has 0 bridgehead atoms. The first-order chi connectivity index (χ1) is 14.7. The van der Waals surface area contributed by atoms with E-state index in [1.165, 1.54) is 6.07 Å². The van der Waals surface area contributed by atoms with Crippen LogP contribution in [0.25, 0.3) is 11.3 Å². The predicted octanol–water partition coefficient (Wildman–Crippen LogP) is 5.22. The molecule has 3 aromatic rings. The molecule has 0 fully saturated rings. The van der Waals surface area contributed by atoms with E-state index < -0.39 is 5.97 Å². The molecule has 0 aliphatic rings. The molecule has 0 aliphatic heterocycles. The minimum absolute atomic E-state index is 0.0352. The fraction of sp³-hybridized carbons (Fsp3) is 0.182. The molecule has 0 spiro atoms. The third-order valence-electron chi connectivity index (χ3n) is 4.64. The summed E-state index contributed by atoms with van der Waals surface area (Å²) in [5.74, 6) is -1.04. The van der Waals surface area contributed by atoms with E-state index >= 15 is 0 Å². The smallest absolute Gasteiger partial charge is 0.337 e. The van der Waals surface area contributed by atoms with E-state index in [2.05, 4.69) is 10.1 Å². The number of carboxylic acids is 1. The first-order valence-corrected chi connectivity index (χ1v) is 10.4. The highest BCUT2D eigenvalue weighted by atomic mass is 35.5. The highest BCUT2D eigenvalue weighted by molar-refractivity contribution is 7.80. The average molecular weight is 476 g/mol. The van der Waals surface area contributed by atoms with Crippen molar-refractivity contribution in [2.75, 3.05) is 6.54 Å². The minimum Gasteiger partial charge on any atom is -0.504 e. The number of thiocarbonyl (C=S) groups is 1. The van der Waals surface area contributed by atoms with Crippen molar-refractivity contribution in [1.29, 1.82) is 0 Å². The molecule has 0 amide bonds. The first kappa shape index (κ1) is 22.9. The second-order valence-corrected chi connectivity index (χ2v) is 8.33. The Labute approximate surface area is 194 Å². The molecule has 2 N–H and O–H groups in total. The monoisotopic (exact) mass is 475 g/mol.